The first kappa shape index (κ1) is 25.9. The predicted molar refractivity (Wildman–Crippen MR) is 158 cm³/mol. The number of fused-ring (bicyclic) bond motifs is 2. The molecule has 4 aromatic rings. The molecule has 0 spiro atoms. The van der Waals surface area contributed by atoms with Crippen LogP contribution in [-0.4, -0.2) is 54.0 Å². The average Bonchev–Trinajstić information content (AvgIpc) is 2.96. The van der Waals surface area contributed by atoms with Gasteiger partial charge in [0, 0.05) is 42.8 Å². The Kier molecular flexibility index (Phi) is 7.13. The Bertz CT molecular complexity index is 1550. The second kappa shape index (κ2) is 11.0. The summed E-state index contributed by atoms with van der Waals surface area (Å²) < 4.78 is 6.08. The summed E-state index contributed by atoms with van der Waals surface area (Å²) in [4.78, 5) is 27.0. The molecule has 9 nitrogen and oxygen atoms in total. The number of nitrogens with zero attached hydrogens (tertiary/aromatic N) is 4. The smallest absolute Gasteiger partial charge is 0.251 e. The van der Waals surface area contributed by atoms with Crippen LogP contribution < -0.4 is 26.4 Å². The molecular formula is C31H35N7O2. The third kappa shape index (κ3) is 5.51. The molecule has 0 bridgehead atoms. The molecule has 2 heterocycles. The van der Waals surface area contributed by atoms with Crippen molar-refractivity contribution in [3.63, 3.8) is 0 Å². The molecule has 3 aromatic carbocycles. The average molecular weight is 538 g/mol. The molecule has 1 atom stereocenters. The minimum atomic E-state index is -0.135. The van der Waals surface area contributed by atoms with E-state index in [2.05, 4.69) is 44.3 Å². The molecule has 1 aliphatic carbocycles. The van der Waals surface area contributed by atoms with Crippen molar-refractivity contribution in [3.8, 4) is 5.75 Å². The molecule has 1 aromatic heterocycles. The zero-order chi connectivity index (χ0) is 27.6. The van der Waals surface area contributed by atoms with Crippen LogP contribution in [0.25, 0.3) is 10.9 Å². The highest BCUT2D eigenvalue weighted by molar-refractivity contribution is 6.00. The van der Waals surface area contributed by atoms with Crippen molar-refractivity contribution in [2.75, 3.05) is 49.6 Å². The molecule has 1 saturated heterocycles. The molecule has 5 N–H and O–H groups in total. The van der Waals surface area contributed by atoms with Gasteiger partial charge in [0.2, 0.25) is 5.95 Å². The number of hydrogen-bond acceptors (Lipinski definition) is 8. The Balaban J connectivity index is 1.20. The van der Waals surface area contributed by atoms with Crippen molar-refractivity contribution >= 4 is 34.3 Å². The summed E-state index contributed by atoms with van der Waals surface area (Å²) in [6.07, 6.45) is 2.86. The normalized spacial score (nSPS) is 17.4. The van der Waals surface area contributed by atoms with E-state index >= 15 is 0 Å². The van der Waals surface area contributed by atoms with Crippen LogP contribution in [0.1, 0.15) is 45.9 Å². The van der Waals surface area contributed by atoms with E-state index in [1.165, 1.54) is 5.56 Å². The van der Waals surface area contributed by atoms with Crippen LogP contribution in [0.15, 0.2) is 60.7 Å². The van der Waals surface area contributed by atoms with Gasteiger partial charge in [-0.1, -0.05) is 18.2 Å². The minimum Gasteiger partial charge on any atom is -0.489 e. The minimum absolute atomic E-state index is 0.0979. The van der Waals surface area contributed by atoms with Gasteiger partial charge in [0.15, 0.2) is 0 Å². The van der Waals surface area contributed by atoms with E-state index in [9.17, 15) is 4.79 Å². The second-order valence-electron chi connectivity index (χ2n) is 10.7. The number of amides is 1. The fraction of sp³-hybridized carbons (Fsp3) is 0.323. The van der Waals surface area contributed by atoms with E-state index in [4.69, 9.17) is 16.2 Å². The standard InChI is InChI=1S/C31H35N7O2/c1-37-12-14-38(15-13-37)29-25-11-9-22(17-28(25)35-31(33)36-29)30(39)34-27-7-3-5-21-8-10-24(18-26(21)27)40-19-20-4-2-6-23(32)16-20/h2,4,6,8-11,16-18,27H,3,5,7,12-15,19,32H2,1H3,(H,34,39)(H2,33,35,36). The van der Waals surface area contributed by atoms with E-state index in [0.29, 0.717) is 23.4 Å². The van der Waals surface area contributed by atoms with Gasteiger partial charge in [-0.3, -0.25) is 4.79 Å². The van der Waals surface area contributed by atoms with Gasteiger partial charge in [0.05, 0.1) is 11.6 Å². The number of aryl methyl sites for hydroxylation is 1. The third-order valence-corrected chi connectivity index (χ3v) is 7.85. The molecule has 1 unspecified atom stereocenters. The predicted octanol–water partition coefficient (Wildman–Crippen LogP) is 3.93. The zero-order valence-electron chi connectivity index (χ0n) is 22.8. The summed E-state index contributed by atoms with van der Waals surface area (Å²) in [5, 5.41) is 4.16. The van der Waals surface area contributed by atoms with E-state index in [1.807, 2.05) is 48.5 Å². The molecular weight excluding hydrogens is 502 g/mol. The van der Waals surface area contributed by atoms with Gasteiger partial charge in [0.1, 0.15) is 18.2 Å². The molecule has 206 valence electrons. The van der Waals surface area contributed by atoms with E-state index < -0.39 is 0 Å². The van der Waals surface area contributed by atoms with Crippen LogP contribution >= 0.6 is 0 Å². The fourth-order valence-electron chi connectivity index (χ4n) is 5.64. The number of aromatic nitrogens is 2. The lowest BCUT2D eigenvalue weighted by molar-refractivity contribution is 0.0932. The van der Waals surface area contributed by atoms with Crippen molar-refractivity contribution in [1.82, 2.24) is 20.2 Å². The van der Waals surface area contributed by atoms with E-state index in [0.717, 1.165) is 73.5 Å². The van der Waals surface area contributed by atoms with E-state index in [-0.39, 0.29) is 17.9 Å². The highest BCUT2D eigenvalue weighted by atomic mass is 16.5. The van der Waals surface area contributed by atoms with Crippen LogP contribution in [0.3, 0.4) is 0 Å². The lowest BCUT2D eigenvalue weighted by Gasteiger charge is -2.33. The number of ether oxygens (including phenoxy) is 1. The molecule has 6 rings (SSSR count). The number of carbonyl (C=O) groups is 1. The monoisotopic (exact) mass is 537 g/mol. The number of piperazine rings is 1. The van der Waals surface area contributed by atoms with Gasteiger partial charge in [0.25, 0.3) is 5.91 Å². The van der Waals surface area contributed by atoms with Crippen LogP contribution in [0.4, 0.5) is 17.5 Å². The van der Waals surface area contributed by atoms with Gasteiger partial charge in [-0.25, -0.2) is 4.98 Å². The first-order chi connectivity index (χ1) is 19.4. The first-order valence-electron chi connectivity index (χ1n) is 13.8. The largest absolute Gasteiger partial charge is 0.489 e. The number of hydrogen-bond donors (Lipinski definition) is 3. The van der Waals surface area contributed by atoms with Crippen molar-refractivity contribution < 1.29 is 9.53 Å². The molecule has 40 heavy (non-hydrogen) atoms. The van der Waals surface area contributed by atoms with Crippen LogP contribution in [0.5, 0.6) is 5.75 Å². The molecule has 1 fully saturated rings. The Hall–Kier alpha value is -4.37. The first-order valence-corrected chi connectivity index (χ1v) is 13.8. The Morgan fingerprint density at radius 3 is 2.70 bits per heavy atom. The van der Waals surface area contributed by atoms with E-state index in [1.54, 1.807) is 0 Å². The number of benzene rings is 3. The van der Waals surface area contributed by atoms with Gasteiger partial charge in [-0.15, -0.1) is 0 Å². The van der Waals surface area contributed by atoms with Crippen molar-refractivity contribution in [2.45, 2.75) is 31.9 Å². The number of nitrogens with two attached hydrogens (primary N) is 2. The van der Waals surface area contributed by atoms with Crippen molar-refractivity contribution in [1.29, 1.82) is 0 Å². The number of likely N-dealkylation sites (N-methyl/N-ethyl adjacent to an activating group) is 1. The number of nitrogens with one attached hydrogen (secondary N) is 1. The Morgan fingerprint density at radius 2 is 1.88 bits per heavy atom. The lowest BCUT2D eigenvalue weighted by Crippen LogP contribution is -2.45. The van der Waals surface area contributed by atoms with Gasteiger partial charge >= 0.3 is 0 Å². The highest BCUT2D eigenvalue weighted by Crippen LogP contribution is 2.33. The molecule has 0 radical (unpaired) electrons. The molecule has 9 heteroatoms. The third-order valence-electron chi connectivity index (χ3n) is 7.85. The summed E-state index contributed by atoms with van der Waals surface area (Å²) in [5.41, 5.74) is 17.3. The SMILES string of the molecule is CN1CCN(c2nc(N)nc3cc(C(=O)NC4CCCc5ccc(OCc6cccc(N)c6)cc54)ccc23)CC1. The molecule has 0 saturated carbocycles. The summed E-state index contributed by atoms with van der Waals surface area (Å²) in [5.74, 6) is 1.68. The maximum atomic E-state index is 13.5. The quantitative estimate of drug-likeness (QED) is 0.316. The zero-order valence-corrected chi connectivity index (χ0v) is 22.8. The lowest BCUT2D eigenvalue weighted by atomic mass is 9.87. The van der Waals surface area contributed by atoms with Gasteiger partial charge in [-0.2, -0.15) is 4.98 Å². The van der Waals surface area contributed by atoms with Crippen LogP contribution in [0.2, 0.25) is 0 Å². The summed E-state index contributed by atoms with van der Waals surface area (Å²) in [6, 6.07) is 19.4. The molecule has 1 aliphatic heterocycles. The fourth-order valence-corrected chi connectivity index (χ4v) is 5.64. The highest BCUT2D eigenvalue weighted by Gasteiger charge is 2.24. The Labute approximate surface area is 234 Å². The van der Waals surface area contributed by atoms with Gasteiger partial charge < -0.3 is 31.3 Å². The summed E-state index contributed by atoms with van der Waals surface area (Å²) in [6.45, 7) is 4.09. The summed E-state index contributed by atoms with van der Waals surface area (Å²) in [7, 11) is 2.12. The number of carbonyl (C=O) groups excluding carboxylic acids is 1. The maximum absolute atomic E-state index is 13.5. The number of nitrogen functional groups attached to an aromatic ring is 2. The number of anilines is 3. The maximum Gasteiger partial charge on any atom is 0.251 e. The van der Waals surface area contributed by atoms with Crippen molar-refractivity contribution in [2.24, 2.45) is 0 Å². The van der Waals surface area contributed by atoms with Crippen LogP contribution in [0, 0.1) is 0 Å². The number of rotatable bonds is 6. The summed E-state index contributed by atoms with van der Waals surface area (Å²) >= 11 is 0. The Morgan fingerprint density at radius 1 is 1.02 bits per heavy atom. The van der Waals surface area contributed by atoms with Crippen molar-refractivity contribution in [3.05, 3.63) is 82.9 Å². The molecule has 2 aliphatic rings. The second-order valence-corrected chi connectivity index (χ2v) is 10.7. The van der Waals surface area contributed by atoms with Gasteiger partial charge in [-0.05, 0) is 85.5 Å². The molecule has 1 amide bonds. The van der Waals surface area contributed by atoms with Crippen LogP contribution in [-0.2, 0) is 13.0 Å². The topological polar surface area (TPSA) is 123 Å².